The molecule has 0 spiro atoms. The number of H-pyrrole nitrogens is 1. The average Bonchev–Trinajstić information content (AvgIpc) is 2.93. The average molecular weight is 348 g/mol. The van der Waals surface area contributed by atoms with Gasteiger partial charge in [0.25, 0.3) is 0 Å². The summed E-state index contributed by atoms with van der Waals surface area (Å²) in [6, 6.07) is 5.73. The van der Waals surface area contributed by atoms with Crippen LogP contribution in [0.1, 0.15) is 38.6 Å². The summed E-state index contributed by atoms with van der Waals surface area (Å²) >= 11 is 5.18. The topological polar surface area (TPSA) is 64.4 Å². The van der Waals surface area contributed by atoms with Crippen molar-refractivity contribution in [3.8, 4) is 11.5 Å². The van der Waals surface area contributed by atoms with Crippen LogP contribution in [0.4, 0.5) is 0 Å². The molecule has 0 radical (unpaired) electrons. The smallest absolute Gasteiger partial charge is 0.216 e. The quantitative estimate of drug-likeness (QED) is 0.582. The largest absolute Gasteiger partial charge is 0.493 e. The highest BCUT2D eigenvalue weighted by atomic mass is 32.1. The Balaban J connectivity index is 2.15. The van der Waals surface area contributed by atoms with Crippen LogP contribution < -0.4 is 9.47 Å². The van der Waals surface area contributed by atoms with Crippen molar-refractivity contribution in [2.75, 3.05) is 13.7 Å². The monoisotopic (exact) mass is 348 g/mol. The van der Waals surface area contributed by atoms with E-state index >= 15 is 0 Å². The van der Waals surface area contributed by atoms with Crippen LogP contribution in [0.25, 0.3) is 0 Å². The second kappa shape index (κ2) is 8.63. The van der Waals surface area contributed by atoms with Crippen LogP contribution in [0.5, 0.6) is 11.5 Å². The summed E-state index contributed by atoms with van der Waals surface area (Å²) in [6.45, 7) is 7.02. The summed E-state index contributed by atoms with van der Waals surface area (Å²) in [7, 11) is 1.63. The molecule has 0 aliphatic rings. The van der Waals surface area contributed by atoms with E-state index < -0.39 is 0 Å². The number of hydrogen-bond donors (Lipinski definition) is 1. The standard InChI is InChI=1S/C17H24N4O2S/c1-5-16-19-20-17(24)21(16)18-11-13-6-7-14(15(10-13)22-4)23-9-8-12(2)3/h6-7,10-12H,5,8-9H2,1-4H3,(H,20,24)/b18-11+. The van der Waals surface area contributed by atoms with Crippen molar-refractivity contribution in [2.24, 2.45) is 11.0 Å². The Morgan fingerprint density at radius 2 is 2.17 bits per heavy atom. The molecule has 6 nitrogen and oxygen atoms in total. The molecule has 0 fully saturated rings. The second-order valence-electron chi connectivity index (χ2n) is 5.80. The summed E-state index contributed by atoms with van der Waals surface area (Å²) < 4.78 is 13.3. The van der Waals surface area contributed by atoms with Crippen molar-refractivity contribution in [2.45, 2.75) is 33.6 Å². The zero-order chi connectivity index (χ0) is 17.5. The molecule has 1 aromatic heterocycles. The predicted octanol–water partition coefficient (Wildman–Crippen LogP) is 3.82. The van der Waals surface area contributed by atoms with Gasteiger partial charge in [-0.2, -0.15) is 14.9 Å². The van der Waals surface area contributed by atoms with Crippen molar-refractivity contribution in [1.82, 2.24) is 14.9 Å². The first-order valence-electron chi connectivity index (χ1n) is 8.06. The number of ether oxygens (including phenoxy) is 2. The highest BCUT2D eigenvalue weighted by molar-refractivity contribution is 7.71. The molecule has 0 saturated carbocycles. The van der Waals surface area contributed by atoms with Crippen molar-refractivity contribution in [3.63, 3.8) is 0 Å². The Hall–Kier alpha value is -2.15. The summed E-state index contributed by atoms with van der Waals surface area (Å²) in [4.78, 5) is 0. The van der Waals surface area contributed by atoms with Crippen molar-refractivity contribution in [3.05, 3.63) is 34.4 Å². The van der Waals surface area contributed by atoms with Gasteiger partial charge in [-0.15, -0.1) is 0 Å². The zero-order valence-corrected chi connectivity index (χ0v) is 15.4. The lowest BCUT2D eigenvalue weighted by Crippen LogP contribution is -2.03. The van der Waals surface area contributed by atoms with Crippen molar-refractivity contribution >= 4 is 18.4 Å². The van der Waals surface area contributed by atoms with Gasteiger partial charge in [0.1, 0.15) is 0 Å². The second-order valence-corrected chi connectivity index (χ2v) is 6.18. The van der Waals surface area contributed by atoms with E-state index in [4.69, 9.17) is 21.7 Å². The lowest BCUT2D eigenvalue weighted by Gasteiger charge is -2.12. The van der Waals surface area contributed by atoms with Gasteiger partial charge in [-0.05, 0) is 48.3 Å². The minimum absolute atomic E-state index is 0.476. The Kier molecular flexibility index (Phi) is 6.54. The molecular formula is C17H24N4O2S. The first kappa shape index (κ1) is 18.2. The lowest BCUT2D eigenvalue weighted by molar-refractivity contribution is 0.273. The molecule has 2 rings (SSSR count). The first-order valence-corrected chi connectivity index (χ1v) is 8.47. The highest BCUT2D eigenvalue weighted by Crippen LogP contribution is 2.28. The third-order valence-corrected chi connectivity index (χ3v) is 3.76. The number of aryl methyl sites for hydroxylation is 1. The summed E-state index contributed by atoms with van der Waals surface area (Å²) in [5.74, 6) is 2.82. The molecule has 0 aliphatic carbocycles. The van der Waals surface area contributed by atoms with Gasteiger partial charge in [-0.1, -0.05) is 20.8 Å². The van der Waals surface area contributed by atoms with Crippen molar-refractivity contribution < 1.29 is 9.47 Å². The van der Waals surface area contributed by atoms with E-state index in [9.17, 15) is 0 Å². The number of aromatic amines is 1. The molecule has 24 heavy (non-hydrogen) atoms. The van der Waals surface area contributed by atoms with Gasteiger partial charge in [0.05, 0.1) is 19.9 Å². The van der Waals surface area contributed by atoms with E-state index in [-0.39, 0.29) is 0 Å². The summed E-state index contributed by atoms with van der Waals surface area (Å²) in [6.07, 6.45) is 3.48. The van der Waals surface area contributed by atoms with Gasteiger partial charge in [0.15, 0.2) is 17.3 Å². The first-order chi connectivity index (χ1) is 11.5. The van der Waals surface area contributed by atoms with Gasteiger partial charge < -0.3 is 9.47 Å². The normalized spacial score (nSPS) is 11.4. The predicted molar refractivity (Wildman–Crippen MR) is 97.7 cm³/mol. The molecule has 0 amide bonds. The van der Waals surface area contributed by atoms with E-state index in [2.05, 4.69) is 29.1 Å². The SMILES string of the molecule is CCc1n[nH]c(=S)n1/N=C/c1ccc(OCCC(C)C)c(OC)c1. The van der Waals surface area contributed by atoms with Crippen LogP contribution in [0.15, 0.2) is 23.3 Å². The Labute approximate surface area is 147 Å². The van der Waals surface area contributed by atoms with Crippen LogP contribution in [0.3, 0.4) is 0 Å². The number of nitrogens with one attached hydrogen (secondary N) is 1. The Morgan fingerprint density at radius 1 is 1.38 bits per heavy atom. The molecule has 0 bridgehead atoms. The van der Waals surface area contributed by atoms with Gasteiger partial charge in [-0.3, -0.25) is 5.10 Å². The highest BCUT2D eigenvalue weighted by Gasteiger charge is 2.06. The number of benzene rings is 1. The number of rotatable bonds is 8. The zero-order valence-electron chi connectivity index (χ0n) is 14.6. The molecule has 1 aromatic carbocycles. The third-order valence-electron chi connectivity index (χ3n) is 3.50. The molecular weight excluding hydrogens is 324 g/mol. The molecule has 0 unspecified atom stereocenters. The Bertz CT molecular complexity index is 749. The molecule has 0 aliphatic heterocycles. The van der Waals surface area contributed by atoms with Gasteiger partial charge in [0.2, 0.25) is 4.77 Å². The summed E-state index contributed by atoms with van der Waals surface area (Å²) in [5, 5.41) is 11.3. The van der Waals surface area contributed by atoms with Gasteiger partial charge in [-0.25, -0.2) is 0 Å². The molecule has 7 heteroatoms. The van der Waals surface area contributed by atoms with Crippen molar-refractivity contribution in [1.29, 1.82) is 0 Å². The van der Waals surface area contributed by atoms with Gasteiger partial charge >= 0.3 is 0 Å². The maximum atomic E-state index is 5.79. The third kappa shape index (κ3) is 4.67. The number of nitrogens with zero attached hydrogens (tertiary/aromatic N) is 3. The van der Waals surface area contributed by atoms with E-state index in [1.54, 1.807) is 18.0 Å². The van der Waals surface area contributed by atoms with E-state index in [0.29, 0.717) is 23.0 Å². The van der Waals surface area contributed by atoms with Crippen LogP contribution in [0, 0.1) is 10.7 Å². The lowest BCUT2D eigenvalue weighted by atomic mass is 10.1. The molecule has 1 heterocycles. The Morgan fingerprint density at radius 3 is 2.83 bits per heavy atom. The summed E-state index contributed by atoms with van der Waals surface area (Å²) in [5.41, 5.74) is 0.896. The maximum absolute atomic E-state index is 5.79. The fourth-order valence-electron chi connectivity index (χ4n) is 2.08. The minimum atomic E-state index is 0.476. The molecule has 130 valence electrons. The van der Waals surface area contributed by atoms with E-state index in [1.165, 1.54) is 0 Å². The minimum Gasteiger partial charge on any atom is -0.493 e. The molecule has 0 saturated heterocycles. The van der Waals surface area contributed by atoms with Gasteiger partial charge in [0, 0.05) is 6.42 Å². The van der Waals surface area contributed by atoms with E-state index in [0.717, 1.165) is 30.0 Å². The molecule has 2 aromatic rings. The van der Waals surface area contributed by atoms with Crippen LogP contribution in [-0.2, 0) is 6.42 Å². The number of methoxy groups -OCH3 is 1. The maximum Gasteiger partial charge on any atom is 0.216 e. The van der Waals surface area contributed by atoms with Crippen LogP contribution >= 0.6 is 12.2 Å². The fraction of sp³-hybridized carbons (Fsp3) is 0.471. The number of hydrogen-bond acceptors (Lipinski definition) is 5. The number of aromatic nitrogens is 3. The van der Waals surface area contributed by atoms with E-state index in [1.807, 2.05) is 25.1 Å². The molecule has 1 N–H and O–H groups in total. The van der Waals surface area contributed by atoms with Crippen LogP contribution in [0.2, 0.25) is 0 Å². The van der Waals surface area contributed by atoms with Crippen LogP contribution in [-0.4, -0.2) is 34.8 Å². The fourth-order valence-corrected chi connectivity index (χ4v) is 2.28. The molecule has 0 atom stereocenters.